The molecule has 9 nitrogen and oxygen atoms in total. The molecule has 2 saturated heterocycles. The lowest BCUT2D eigenvalue weighted by Gasteiger charge is -2.28. The summed E-state index contributed by atoms with van der Waals surface area (Å²) in [5.41, 5.74) is -0.828. The molecule has 0 aliphatic carbocycles. The van der Waals surface area contributed by atoms with Crippen molar-refractivity contribution >= 4 is 31.8 Å². The Bertz CT molecular complexity index is 1090. The Kier molecular flexibility index (Phi) is 5.26. The number of nitrogens with one attached hydrogen (secondary N) is 1. The number of halogens is 1. The zero-order valence-corrected chi connectivity index (χ0v) is 16.5. The van der Waals surface area contributed by atoms with Crippen molar-refractivity contribution in [2.75, 3.05) is 30.2 Å². The zero-order valence-electron chi connectivity index (χ0n) is 14.8. The van der Waals surface area contributed by atoms with Crippen molar-refractivity contribution < 1.29 is 31.1 Å². The zero-order chi connectivity index (χ0) is 20.7. The fraction of sp³-hybridized carbons (Fsp3) is 0.438. The molecule has 2 heterocycles. The monoisotopic (exact) mass is 431 g/mol. The predicted molar refractivity (Wildman–Crippen MR) is 98.5 cm³/mol. The summed E-state index contributed by atoms with van der Waals surface area (Å²) in [5.74, 6) is 2.53. The highest BCUT2D eigenvalue weighted by atomic mass is 32.2. The van der Waals surface area contributed by atoms with Crippen molar-refractivity contribution in [3.63, 3.8) is 0 Å². The van der Waals surface area contributed by atoms with Gasteiger partial charge in [-0.15, -0.1) is 0 Å². The van der Waals surface area contributed by atoms with Crippen LogP contribution in [-0.4, -0.2) is 58.0 Å². The Balaban J connectivity index is 1.92. The van der Waals surface area contributed by atoms with Crippen molar-refractivity contribution in [1.82, 2.24) is 9.03 Å². The van der Waals surface area contributed by atoms with Crippen molar-refractivity contribution in [3.8, 4) is 17.6 Å². The number of carbonyl (C=O) groups excluding carboxylic acids is 1. The maximum absolute atomic E-state index is 14.9. The SMILES string of the molecule is CS(=O)(=O)N1CCCC(C#Cc2ccc(O)c(N3CC(=O)NS3(=O)=O)c2F)C1. The number of rotatable bonds is 2. The summed E-state index contributed by atoms with van der Waals surface area (Å²) in [7, 11) is -7.64. The number of hydrogen-bond donors (Lipinski definition) is 2. The van der Waals surface area contributed by atoms with Crippen LogP contribution in [0.3, 0.4) is 0 Å². The van der Waals surface area contributed by atoms with Crippen LogP contribution in [-0.2, 0) is 25.0 Å². The van der Waals surface area contributed by atoms with Gasteiger partial charge in [0.2, 0.25) is 10.0 Å². The van der Waals surface area contributed by atoms with Gasteiger partial charge < -0.3 is 5.11 Å². The molecule has 12 heteroatoms. The number of sulfonamides is 1. The number of carbonyl (C=O) groups is 1. The third-order valence-electron chi connectivity index (χ3n) is 4.43. The molecular weight excluding hydrogens is 413 g/mol. The lowest BCUT2D eigenvalue weighted by atomic mass is 10.00. The summed E-state index contributed by atoms with van der Waals surface area (Å²) >= 11 is 0. The van der Waals surface area contributed by atoms with E-state index in [1.165, 1.54) is 10.4 Å². The minimum Gasteiger partial charge on any atom is -0.506 e. The molecule has 1 atom stereocenters. The van der Waals surface area contributed by atoms with Crippen molar-refractivity contribution in [1.29, 1.82) is 0 Å². The number of benzene rings is 1. The van der Waals surface area contributed by atoms with Gasteiger partial charge >= 0.3 is 10.2 Å². The van der Waals surface area contributed by atoms with Gasteiger partial charge in [0.25, 0.3) is 5.91 Å². The summed E-state index contributed by atoms with van der Waals surface area (Å²) in [6.45, 7) is -0.0600. The Morgan fingerprint density at radius 3 is 2.68 bits per heavy atom. The number of amides is 1. The molecule has 0 bridgehead atoms. The van der Waals surface area contributed by atoms with Crippen LogP contribution in [0.1, 0.15) is 18.4 Å². The van der Waals surface area contributed by atoms with E-state index < -0.39 is 49.9 Å². The van der Waals surface area contributed by atoms with Gasteiger partial charge in [-0.05, 0) is 25.0 Å². The van der Waals surface area contributed by atoms with Gasteiger partial charge in [0.05, 0.1) is 11.8 Å². The van der Waals surface area contributed by atoms with Gasteiger partial charge in [-0.25, -0.2) is 26.1 Å². The molecule has 1 amide bonds. The average Bonchev–Trinajstić information content (AvgIpc) is 2.86. The summed E-state index contributed by atoms with van der Waals surface area (Å²) in [4.78, 5) is 11.4. The van der Waals surface area contributed by atoms with Crippen LogP contribution in [0.2, 0.25) is 0 Å². The number of phenols is 1. The molecule has 28 heavy (non-hydrogen) atoms. The molecule has 1 aromatic carbocycles. The second-order valence-electron chi connectivity index (χ2n) is 6.56. The van der Waals surface area contributed by atoms with E-state index in [2.05, 4.69) is 11.8 Å². The van der Waals surface area contributed by atoms with Crippen LogP contribution in [0, 0.1) is 23.6 Å². The largest absolute Gasteiger partial charge is 0.506 e. The molecule has 2 aliphatic rings. The third-order valence-corrected chi connectivity index (χ3v) is 7.08. The number of piperidine rings is 1. The van der Waals surface area contributed by atoms with E-state index >= 15 is 0 Å². The van der Waals surface area contributed by atoms with Crippen molar-refractivity contribution in [2.45, 2.75) is 12.8 Å². The van der Waals surface area contributed by atoms with E-state index in [0.29, 0.717) is 23.7 Å². The quantitative estimate of drug-likeness (QED) is 0.622. The van der Waals surface area contributed by atoms with Crippen molar-refractivity contribution in [2.24, 2.45) is 5.92 Å². The number of nitrogens with zero attached hydrogens (tertiary/aromatic N) is 2. The van der Waals surface area contributed by atoms with Gasteiger partial charge in [-0.3, -0.25) is 4.79 Å². The Morgan fingerprint density at radius 2 is 2.07 bits per heavy atom. The molecule has 152 valence electrons. The number of phenolic OH excluding ortho intramolecular Hbond substituents is 1. The molecule has 2 fully saturated rings. The fourth-order valence-corrected chi connectivity index (χ4v) is 5.15. The summed E-state index contributed by atoms with van der Waals surface area (Å²) in [6.07, 6.45) is 2.38. The minimum atomic E-state index is -4.30. The normalized spacial score (nSPS) is 22.4. The first kappa shape index (κ1) is 20.4. The molecule has 0 saturated carbocycles. The van der Waals surface area contributed by atoms with Gasteiger partial charge in [-0.2, -0.15) is 8.42 Å². The molecule has 2 aliphatic heterocycles. The Morgan fingerprint density at radius 1 is 1.36 bits per heavy atom. The molecule has 3 rings (SSSR count). The number of aromatic hydroxyl groups is 1. The maximum atomic E-state index is 14.9. The fourth-order valence-electron chi connectivity index (χ4n) is 3.08. The van der Waals surface area contributed by atoms with Crippen LogP contribution < -0.4 is 9.03 Å². The smallest absolute Gasteiger partial charge is 0.326 e. The minimum absolute atomic E-state index is 0.168. The second kappa shape index (κ2) is 7.23. The van der Waals surface area contributed by atoms with Gasteiger partial charge in [0.1, 0.15) is 18.0 Å². The van der Waals surface area contributed by atoms with E-state index in [0.717, 1.165) is 12.3 Å². The van der Waals surface area contributed by atoms with E-state index in [-0.39, 0.29) is 18.0 Å². The van der Waals surface area contributed by atoms with Gasteiger partial charge in [0, 0.05) is 19.0 Å². The summed E-state index contributed by atoms with van der Waals surface area (Å²) in [5, 5.41) is 9.93. The van der Waals surface area contributed by atoms with Crippen LogP contribution in [0.4, 0.5) is 10.1 Å². The number of anilines is 1. The summed E-state index contributed by atoms with van der Waals surface area (Å²) in [6, 6.07) is 2.28. The second-order valence-corrected chi connectivity index (χ2v) is 10.1. The molecule has 1 unspecified atom stereocenters. The number of hydrogen-bond acceptors (Lipinski definition) is 6. The first-order chi connectivity index (χ1) is 13.0. The van der Waals surface area contributed by atoms with Gasteiger partial charge in [0.15, 0.2) is 5.82 Å². The van der Waals surface area contributed by atoms with E-state index in [4.69, 9.17) is 0 Å². The average molecular weight is 431 g/mol. The van der Waals surface area contributed by atoms with Crippen LogP contribution >= 0.6 is 0 Å². The van der Waals surface area contributed by atoms with E-state index in [1.807, 2.05) is 0 Å². The lowest BCUT2D eigenvalue weighted by molar-refractivity contribution is -0.117. The highest BCUT2D eigenvalue weighted by Gasteiger charge is 2.37. The predicted octanol–water partition coefficient (Wildman–Crippen LogP) is -0.265. The standard InChI is InChI=1S/C16H18FN3O6S2/c1-27(23,24)19-8-2-3-11(9-19)4-5-12-6-7-13(21)16(15(12)17)20-10-14(22)18-28(20,25)26/h6-7,11,21H,2-3,8-10H2,1H3,(H,18,22). The highest BCUT2D eigenvalue weighted by Crippen LogP contribution is 2.35. The molecular formula is C16H18FN3O6S2. The molecule has 0 spiro atoms. The maximum Gasteiger partial charge on any atom is 0.326 e. The van der Waals surface area contributed by atoms with Gasteiger partial charge in [-0.1, -0.05) is 11.8 Å². The van der Waals surface area contributed by atoms with Crippen LogP contribution in [0.15, 0.2) is 12.1 Å². The molecule has 2 N–H and O–H groups in total. The summed E-state index contributed by atoms with van der Waals surface area (Å²) < 4.78 is 65.5. The van der Waals surface area contributed by atoms with Crippen molar-refractivity contribution in [3.05, 3.63) is 23.5 Å². The first-order valence-corrected chi connectivity index (χ1v) is 11.6. The van der Waals surface area contributed by atoms with Crippen LogP contribution in [0.25, 0.3) is 0 Å². The topological polar surface area (TPSA) is 124 Å². The first-order valence-electron chi connectivity index (χ1n) is 8.30. The molecule has 1 aromatic rings. The Hall–Kier alpha value is -2.36. The molecule has 0 aromatic heterocycles. The van der Waals surface area contributed by atoms with E-state index in [9.17, 15) is 31.1 Å². The Labute approximate surface area is 162 Å². The molecule has 0 radical (unpaired) electrons. The van der Waals surface area contributed by atoms with E-state index in [1.54, 1.807) is 4.72 Å². The van der Waals surface area contributed by atoms with Crippen LogP contribution in [0.5, 0.6) is 5.75 Å². The third kappa shape index (κ3) is 4.06. The lowest BCUT2D eigenvalue weighted by Crippen LogP contribution is -2.38. The highest BCUT2D eigenvalue weighted by molar-refractivity contribution is 7.92.